The lowest BCUT2D eigenvalue weighted by atomic mass is 10.2. The van der Waals surface area contributed by atoms with Gasteiger partial charge < -0.3 is 9.94 Å². The molecule has 2 aromatic rings. The van der Waals surface area contributed by atoms with E-state index in [0.717, 1.165) is 5.56 Å². The largest absolute Gasteiger partial charge is 0.594 e. The third kappa shape index (κ3) is 2.67. The van der Waals surface area contributed by atoms with Crippen LogP contribution in [0.2, 0.25) is 0 Å². The summed E-state index contributed by atoms with van der Waals surface area (Å²) in [6.07, 6.45) is 1.31. The Morgan fingerprint density at radius 1 is 1.13 bits per heavy atom. The van der Waals surface area contributed by atoms with E-state index in [0.29, 0.717) is 17.3 Å². The number of hydrogen-bond acceptors (Lipinski definition) is 3. The molecule has 0 aliphatic rings. The fourth-order valence-electron chi connectivity index (χ4n) is 1.17. The Labute approximate surface area is 87.3 Å². The molecule has 4 nitrogen and oxygen atoms in total. The highest BCUT2D eigenvalue weighted by Crippen LogP contribution is 2.06. The molecule has 0 saturated heterocycles. The average molecular weight is 202 g/mol. The zero-order valence-electron chi connectivity index (χ0n) is 8.04. The molecule has 76 valence electrons. The Morgan fingerprint density at radius 2 is 1.93 bits per heavy atom. The lowest BCUT2D eigenvalue weighted by Gasteiger charge is -2.03. The number of hydrogen-bond donors (Lipinski definition) is 0. The van der Waals surface area contributed by atoms with E-state index in [-0.39, 0.29) is 0 Å². The van der Waals surface area contributed by atoms with Gasteiger partial charge in [0.15, 0.2) is 0 Å². The molecule has 0 atom stereocenters. The standard InChI is InChI=1S/C11H10N2O2/c14-13-8-4-7-11(12-13)15-9-10-5-2-1-3-6-10/h1-8H,9H2. The zero-order chi connectivity index (χ0) is 10.5. The molecular weight excluding hydrogens is 192 g/mol. The molecule has 0 amide bonds. The highest BCUT2D eigenvalue weighted by Gasteiger charge is 1.99. The minimum Gasteiger partial charge on any atom is -0.594 e. The minimum absolute atomic E-state index is 0.330. The van der Waals surface area contributed by atoms with Crippen molar-refractivity contribution >= 4 is 0 Å². The first-order chi connectivity index (χ1) is 7.34. The van der Waals surface area contributed by atoms with Gasteiger partial charge in [-0.05, 0) is 5.56 Å². The lowest BCUT2D eigenvalue weighted by Crippen LogP contribution is -2.30. The molecule has 0 unspecified atom stereocenters. The summed E-state index contributed by atoms with van der Waals surface area (Å²) in [6, 6.07) is 13.0. The summed E-state index contributed by atoms with van der Waals surface area (Å²) in [5, 5.41) is 14.5. The van der Waals surface area contributed by atoms with E-state index in [1.807, 2.05) is 30.3 Å². The van der Waals surface area contributed by atoms with Crippen molar-refractivity contribution < 1.29 is 9.58 Å². The smallest absolute Gasteiger partial charge is 0.280 e. The second-order valence-electron chi connectivity index (χ2n) is 3.02. The normalized spacial score (nSPS) is 9.87. The van der Waals surface area contributed by atoms with Crippen LogP contribution < -0.4 is 9.58 Å². The van der Waals surface area contributed by atoms with Crippen LogP contribution in [0.3, 0.4) is 0 Å². The molecule has 1 heterocycles. The van der Waals surface area contributed by atoms with Crippen molar-refractivity contribution in [3.8, 4) is 5.88 Å². The van der Waals surface area contributed by atoms with Gasteiger partial charge in [-0.3, -0.25) is 0 Å². The summed E-state index contributed by atoms with van der Waals surface area (Å²) in [7, 11) is 0. The van der Waals surface area contributed by atoms with Crippen LogP contribution in [0.1, 0.15) is 5.56 Å². The van der Waals surface area contributed by atoms with Gasteiger partial charge in [0.2, 0.25) is 6.20 Å². The first-order valence-electron chi connectivity index (χ1n) is 4.58. The Balaban J connectivity index is 1.99. The lowest BCUT2D eigenvalue weighted by molar-refractivity contribution is -0.669. The minimum atomic E-state index is 0.330. The second-order valence-corrected chi connectivity index (χ2v) is 3.02. The van der Waals surface area contributed by atoms with Crippen molar-refractivity contribution in [3.05, 3.63) is 59.4 Å². The molecule has 15 heavy (non-hydrogen) atoms. The van der Waals surface area contributed by atoms with E-state index in [1.165, 1.54) is 6.20 Å². The van der Waals surface area contributed by atoms with E-state index in [4.69, 9.17) is 4.74 Å². The van der Waals surface area contributed by atoms with E-state index in [1.54, 1.807) is 12.1 Å². The predicted octanol–water partition coefficient (Wildman–Crippen LogP) is 1.29. The molecule has 0 saturated carbocycles. The van der Waals surface area contributed by atoms with Gasteiger partial charge >= 0.3 is 0 Å². The number of rotatable bonds is 3. The average Bonchev–Trinajstić information content (AvgIpc) is 2.28. The SMILES string of the molecule is [O-][n+]1cccc(OCc2ccccc2)n1. The molecule has 0 aliphatic carbocycles. The Kier molecular flexibility index (Phi) is 2.78. The maximum absolute atomic E-state index is 10.8. The molecule has 1 aromatic heterocycles. The summed E-state index contributed by atoms with van der Waals surface area (Å²) in [5.74, 6) is 0.330. The maximum Gasteiger partial charge on any atom is 0.280 e. The van der Waals surface area contributed by atoms with Crippen molar-refractivity contribution in [1.29, 1.82) is 0 Å². The van der Waals surface area contributed by atoms with E-state index >= 15 is 0 Å². The van der Waals surface area contributed by atoms with Crippen LogP contribution in [-0.2, 0) is 6.61 Å². The third-order valence-corrected chi connectivity index (χ3v) is 1.88. The summed E-state index contributed by atoms with van der Waals surface area (Å²) >= 11 is 0. The Morgan fingerprint density at radius 3 is 2.67 bits per heavy atom. The van der Waals surface area contributed by atoms with Crippen molar-refractivity contribution in [2.24, 2.45) is 0 Å². The molecule has 0 spiro atoms. The quantitative estimate of drug-likeness (QED) is 0.556. The van der Waals surface area contributed by atoms with Gasteiger partial charge in [-0.15, -0.1) is 0 Å². The first-order valence-corrected chi connectivity index (χ1v) is 4.58. The topological polar surface area (TPSA) is 49.1 Å². The van der Waals surface area contributed by atoms with Crippen molar-refractivity contribution in [2.45, 2.75) is 6.61 Å². The summed E-state index contributed by atoms with van der Waals surface area (Å²) < 4.78 is 5.34. The summed E-state index contributed by atoms with van der Waals surface area (Å²) in [6.45, 7) is 0.415. The van der Waals surface area contributed by atoms with E-state index in [9.17, 15) is 5.21 Å². The van der Waals surface area contributed by atoms with Gasteiger partial charge in [0.1, 0.15) is 6.61 Å². The molecule has 4 heteroatoms. The fraction of sp³-hybridized carbons (Fsp3) is 0.0909. The molecule has 0 bridgehead atoms. The van der Waals surface area contributed by atoms with Crippen molar-refractivity contribution in [3.63, 3.8) is 0 Å². The third-order valence-electron chi connectivity index (χ3n) is 1.88. The van der Waals surface area contributed by atoms with Crippen LogP contribution in [0.4, 0.5) is 0 Å². The van der Waals surface area contributed by atoms with Gasteiger partial charge in [0, 0.05) is 12.1 Å². The van der Waals surface area contributed by atoms with Crippen LogP contribution in [0.25, 0.3) is 0 Å². The summed E-state index contributed by atoms with van der Waals surface area (Å²) in [5.41, 5.74) is 1.04. The van der Waals surface area contributed by atoms with Crippen LogP contribution in [0.5, 0.6) is 5.88 Å². The molecule has 0 fully saturated rings. The van der Waals surface area contributed by atoms with Crippen LogP contribution in [-0.4, -0.2) is 5.10 Å². The van der Waals surface area contributed by atoms with Crippen LogP contribution in [0, 0.1) is 5.21 Å². The van der Waals surface area contributed by atoms with Crippen LogP contribution >= 0.6 is 0 Å². The van der Waals surface area contributed by atoms with Crippen molar-refractivity contribution in [2.75, 3.05) is 0 Å². The molecule has 0 aliphatic heterocycles. The van der Waals surface area contributed by atoms with Gasteiger partial charge in [-0.2, -0.15) is 0 Å². The molecule has 0 radical (unpaired) electrons. The number of aromatic nitrogens is 2. The van der Waals surface area contributed by atoms with Gasteiger partial charge in [-0.25, -0.2) is 0 Å². The molecular formula is C11H10N2O2. The van der Waals surface area contributed by atoms with Crippen molar-refractivity contribution in [1.82, 2.24) is 5.10 Å². The van der Waals surface area contributed by atoms with Crippen LogP contribution in [0.15, 0.2) is 48.7 Å². The van der Waals surface area contributed by atoms with Gasteiger partial charge in [-0.1, -0.05) is 35.2 Å². The first kappa shape index (κ1) is 9.45. The predicted molar refractivity (Wildman–Crippen MR) is 54.0 cm³/mol. The Hall–Kier alpha value is -2.10. The molecule has 1 aromatic carbocycles. The molecule has 2 rings (SSSR count). The summed E-state index contributed by atoms with van der Waals surface area (Å²) in [4.78, 5) is 0.473. The van der Waals surface area contributed by atoms with E-state index < -0.39 is 0 Å². The maximum atomic E-state index is 10.8. The number of nitrogens with zero attached hydrogens (tertiary/aromatic N) is 2. The number of benzene rings is 1. The number of ether oxygens (including phenoxy) is 1. The highest BCUT2D eigenvalue weighted by molar-refractivity contribution is 5.14. The van der Waals surface area contributed by atoms with Gasteiger partial charge in [0.25, 0.3) is 5.88 Å². The zero-order valence-corrected chi connectivity index (χ0v) is 8.04. The molecule has 0 N–H and O–H groups in total. The fourth-order valence-corrected chi connectivity index (χ4v) is 1.17. The monoisotopic (exact) mass is 202 g/mol. The van der Waals surface area contributed by atoms with Gasteiger partial charge in [0.05, 0.1) is 5.10 Å². The highest BCUT2D eigenvalue weighted by atomic mass is 16.5. The van der Waals surface area contributed by atoms with E-state index in [2.05, 4.69) is 5.10 Å². The second kappa shape index (κ2) is 4.41. The Bertz CT molecular complexity index is 432.